The lowest BCUT2D eigenvalue weighted by Gasteiger charge is -2.16. The van der Waals surface area contributed by atoms with Gasteiger partial charge in [0.15, 0.2) is 0 Å². The molecule has 4 heteroatoms. The fourth-order valence-electron chi connectivity index (χ4n) is 0.607. The summed E-state index contributed by atoms with van der Waals surface area (Å²) in [6.07, 6.45) is 1.17. The van der Waals surface area contributed by atoms with Crippen LogP contribution in [0.4, 0.5) is 0 Å². The fraction of sp³-hybridized carbons (Fsp3) is 0.600. The monoisotopic (exact) mass is 199 g/mol. The Hall–Kier alpha value is -1.32. The number of rotatable bonds is 4. The van der Waals surface area contributed by atoms with Gasteiger partial charge in [0.05, 0.1) is 12.0 Å². The zero-order valence-electron chi connectivity index (χ0n) is 8.92. The van der Waals surface area contributed by atoms with Crippen molar-refractivity contribution in [3.8, 4) is 0 Å². The van der Waals surface area contributed by atoms with E-state index in [0.29, 0.717) is 6.54 Å². The quantitative estimate of drug-likeness (QED) is 0.415. The minimum absolute atomic E-state index is 0.190. The largest absolute Gasteiger partial charge is 0.463 e. The van der Waals surface area contributed by atoms with Crippen molar-refractivity contribution in [3.05, 3.63) is 12.7 Å². The summed E-state index contributed by atoms with van der Waals surface area (Å²) in [5, 5.41) is 2.50. The van der Waals surface area contributed by atoms with Crippen LogP contribution in [-0.2, 0) is 14.3 Å². The van der Waals surface area contributed by atoms with Crippen molar-refractivity contribution in [2.24, 2.45) is 5.41 Å². The molecule has 0 aliphatic carbocycles. The Morgan fingerprint density at radius 1 is 1.43 bits per heavy atom. The van der Waals surface area contributed by atoms with Crippen molar-refractivity contribution >= 4 is 11.9 Å². The van der Waals surface area contributed by atoms with Gasteiger partial charge in [-0.05, 0) is 26.8 Å². The summed E-state index contributed by atoms with van der Waals surface area (Å²) >= 11 is 0. The summed E-state index contributed by atoms with van der Waals surface area (Å²) in [6, 6.07) is 0. The van der Waals surface area contributed by atoms with E-state index in [1.54, 1.807) is 20.8 Å². The van der Waals surface area contributed by atoms with Crippen LogP contribution in [0, 0.1) is 5.41 Å². The van der Waals surface area contributed by atoms with Crippen LogP contribution in [0.25, 0.3) is 0 Å². The third-order valence-corrected chi connectivity index (χ3v) is 1.43. The molecule has 0 aromatic rings. The van der Waals surface area contributed by atoms with Gasteiger partial charge < -0.3 is 10.1 Å². The summed E-state index contributed by atoms with van der Waals surface area (Å²) in [5.74, 6) is -0.540. The lowest BCUT2D eigenvalue weighted by atomic mass is 9.97. The molecule has 0 bridgehead atoms. The third-order valence-electron chi connectivity index (χ3n) is 1.43. The molecule has 4 nitrogen and oxygen atoms in total. The molecule has 0 aliphatic rings. The van der Waals surface area contributed by atoms with E-state index in [0.717, 1.165) is 0 Å². The predicted molar refractivity (Wildman–Crippen MR) is 53.6 cm³/mol. The Morgan fingerprint density at radius 2 is 2.00 bits per heavy atom. The van der Waals surface area contributed by atoms with E-state index in [2.05, 4.69) is 11.9 Å². The first-order chi connectivity index (χ1) is 6.38. The van der Waals surface area contributed by atoms with Crippen LogP contribution in [-0.4, -0.2) is 25.0 Å². The number of carbonyl (C=O) groups is 2. The van der Waals surface area contributed by atoms with Crippen LogP contribution < -0.4 is 5.32 Å². The van der Waals surface area contributed by atoms with Crippen LogP contribution in [0.15, 0.2) is 12.7 Å². The third kappa shape index (κ3) is 5.35. The molecule has 0 aliphatic heterocycles. The van der Waals surface area contributed by atoms with Gasteiger partial charge in [-0.2, -0.15) is 0 Å². The van der Waals surface area contributed by atoms with E-state index < -0.39 is 5.41 Å². The van der Waals surface area contributed by atoms with Crippen LogP contribution in [0.5, 0.6) is 0 Å². The average molecular weight is 199 g/mol. The lowest BCUT2D eigenvalue weighted by molar-refractivity contribution is -0.152. The maximum absolute atomic E-state index is 11.2. The van der Waals surface area contributed by atoms with Gasteiger partial charge in [0.2, 0.25) is 5.91 Å². The van der Waals surface area contributed by atoms with Crippen LogP contribution in [0.1, 0.15) is 20.8 Å². The number of carbonyl (C=O) groups excluding carboxylic acids is 2. The van der Waals surface area contributed by atoms with Gasteiger partial charge in [0.1, 0.15) is 6.61 Å². The fourth-order valence-corrected chi connectivity index (χ4v) is 0.607. The highest BCUT2D eigenvalue weighted by atomic mass is 16.5. The zero-order chi connectivity index (χ0) is 11.2. The molecule has 80 valence electrons. The first kappa shape index (κ1) is 12.7. The van der Waals surface area contributed by atoms with Crippen molar-refractivity contribution in [3.63, 3.8) is 0 Å². The Labute approximate surface area is 84.3 Å². The topological polar surface area (TPSA) is 55.4 Å². The predicted octanol–water partition coefficient (Wildman–Crippen LogP) is 0.878. The molecule has 1 amide bonds. The number of esters is 1. The van der Waals surface area contributed by atoms with Gasteiger partial charge in [-0.1, -0.05) is 6.58 Å². The van der Waals surface area contributed by atoms with Gasteiger partial charge in [0.25, 0.3) is 0 Å². The van der Waals surface area contributed by atoms with Gasteiger partial charge in [-0.25, -0.2) is 0 Å². The second-order valence-corrected chi connectivity index (χ2v) is 3.88. The molecule has 0 heterocycles. The zero-order valence-corrected chi connectivity index (χ0v) is 8.92. The lowest BCUT2D eigenvalue weighted by Crippen LogP contribution is -2.29. The standard InChI is InChI=1S/C10H17NO3/c1-5-8(12)11-6-7-14-9(13)10(2,3)4/h5H,1,6-7H2,2-4H3,(H,11,12). The van der Waals surface area contributed by atoms with Crippen LogP contribution >= 0.6 is 0 Å². The van der Waals surface area contributed by atoms with Gasteiger partial charge in [0, 0.05) is 0 Å². The molecule has 1 N–H and O–H groups in total. The molecule has 0 aromatic heterocycles. The highest BCUT2D eigenvalue weighted by Gasteiger charge is 2.22. The van der Waals surface area contributed by atoms with Gasteiger partial charge in [-0.15, -0.1) is 0 Å². The summed E-state index contributed by atoms with van der Waals surface area (Å²) in [5.41, 5.74) is -0.498. The first-order valence-electron chi connectivity index (χ1n) is 4.45. The molecule has 0 saturated carbocycles. The minimum atomic E-state index is -0.498. The number of amides is 1. The number of ether oxygens (including phenoxy) is 1. The van der Waals surface area contributed by atoms with Gasteiger partial charge >= 0.3 is 5.97 Å². The highest BCUT2D eigenvalue weighted by Crippen LogP contribution is 2.14. The summed E-state index contributed by atoms with van der Waals surface area (Å²) in [4.78, 5) is 21.9. The Balaban J connectivity index is 3.61. The van der Waals surface area contributed by atoms with Crippen molar-refractivity contribution < 1.29 is 14.3 Å². The Kier molecular flexibility index (Phi) is 4.91. The van der Waals surface area contributed by atoms with E-state index in [4.69, 9.17) is 4.74 Å². The van der Waals surface area contributed by atoms with Crippen molar-refractivity contribution in [1.82, 2.24) is 5.32 Å². The molecule has 0 rings (SSSR count). The van der Waals surface area contributed by atoms with Gasteiger partial charge in [-0.3, -0.25) is 9.59 Å². The van der Waals surface area contributed by atoms with Crippen molar-refractivity contribution in [2.75, 3.05) is 13.2 Å². The smallest absolute Gasteiger partial charge is 0.311 e. The SMILES string of the molecule is C=CC(=O)NCCOC(=O)C(C)(C)C. The molecule has 0 spiro atoms. The Morgan fingerprint density at radius 3 is 2.43 bits per heavy atom. The van der Waals surface area contributed by atoms with E-state index in [1.807, 2.05) is 0 Å². The minimum Gasteiger partial charge on any atom is -0.463 e. The van der Waals surface area contributed by atoms with E-state index in [1.165, 1.54) is 6.08 Å². The second kappa shape index (κ2) is 5.42. The molecule has 0 unspecified atom stereocenters. The van der Waals surface area contributed by atoms with Crippen LogP contribution in [0.2, 0.25) is 0 Å². The van der Waals surface area contributed by atoms with Crippen LogP contribution in [0.3, 0.4) is 0 Å². The van der Waals surface area contributed by atoms with E-state index in [9.17, 15) is 9.59 Å². The maximum atomic E-state index is 11.2. The molecule has 0 radical (unpaired) electrons. The van der Waals surface area contributed by atoms with Crippen molar-refractivity contribution in [1.29, 1.82) is 0 Å². The number of nitrogens with one attached hydrogen (secondary N) is 1. The number of hydrogen-bond donors (Lipinski definition) is 1. The maximum Gasteiger partial charge on any atom is 0.311 e. The summed E-state index contributed by atoms with van der Waals surface area (Å²) in [7, 11) is 0. The molecule has 14 heavy (non-hydrogen) atoms. The molecule has 0 fully saturated rings. The highest BCUT2D eigenvalue weighted by molar-refractivity contribution is 5.86. The molecule has 0 saturated heterocycles. The normalized spacial score (nSPS) is 10.5. The average Bonchev–Trinajstić information content (AvgIpc) is 2.09. The second-order valence-electron chi connectivity index (χ2n) is 3.88. The Bertz CT molecular complexity index is 228. The molecule has 0 aromatic carbocycles. The van der Waals surface area contributed by atoms with Crippen molar-refractivity contribution in [2.45, 2.75) is 20.8 Å². The first-order valence-corrected chi connectivity index (χ1v) is 4.45. The van der Waals surface area contributed by atoms with E-state index in [-0.39, 0.29) is 18.5 Å². The molecule has 0 atom stereocenters. The number of hydrogen-bond acceptors (Lipinski definition) is 3. The summed E-state index contributed by atoms with van der Waals surface area (Å²) < 4.78 is 4.91. The molecular formula is C10H17NO3. The van der Waals surface area contributed by atoms with E-state index >= 15 is 0 Å². The summed E-state index contributed by atoms with van der Waals surface area (Å²) in [6.45, 7) is 9.12. The molecular weight excluding hydrogens is 182 g/mol.